The second kappa shape index (κ2) is 6.27. The Morgan fingerprint density at radius 3 is 2.38 bits per heavy atom. The normalized spacial score (nSPS) is 13.9. The van der Waals surface area contributed by atoms with E-state index >= 15 is 0 Å². The van der Waals surface area contributed by atoms with E-state index in [4.69, 9.17) is 0 Å². The molecule has 2 heteroatoms. The molecule has 0 spiro atoms. The first kappa shape index (κ1) is 15.5. The van der Waals surface area contributed by atoms with Gasteiger partial charge in [-0.1, -0.05) is 39.6 Å². The van der Waals surface area contributed by atoms with Gasteiger partial charge < -0.3 is 5.11 Å². The highest BCUT2D eigenvalue weighted by molar-refractivity contribution is 6.83. The zero-order valence-electron chi connectivity index (χ0n) is 11.4. The molecule has 0 aliphatic rings. The van der Waals surface area contributed by atoms with Crippen molar-refractivity contribution < 1.29 is 5.11 Å². The van der Waals surface area contributed by atoms with E-state index in [-0.39, 0.29) is 11.5 Å². The molecule has 16 heavy (non-hydrogen) atoms. The van der Waals surface area contributed by atoms with Crippen molar-refractivity contribution in [2.45, 2.75) is 58.9 Å². The van der Waals surface area contributed by atoms with Crippen molar-refractivity contribution in [1.29, 1.82) is 0 Å². The van der Waals surface area contributed by atoms with Crippen LogP contribution in [-0.4, -0.2) is 19.3 Å². The van der Waals surface area contributed by atoms with E-state index in [2.05, 4.69) is 51.5 Å². The quantitative estimate of drug-likeness (QED) is 0.441. The Morgan fingerprint density at radius 1 is 1.38 bits per heavy atom. The van der Waals surface area contributed by atoms with Crippen LogP contribution < -0.4 is 0 Å². The Morgan fingerprint density at radius 2 is 1.94 bits per heavy atom. The molecule has 0 saturated carbocycles. The van der Waals surface area contributed by atoms with Gasteiger partial charge in [-0.3, -0.25) is 0 Å². The van der Waals surface area contributed by atoms with Crippen molar-refractivity contribution in [3.63, 3.8) is 0 Å². The lowest BCUT2D eigenvalue weighted by Gasteiger charge is -2.28. The van der Waals surface area contributed by atoms with E-state index in [0.717, 1.165) is 19.3 Å². The van der Waals surface area contributed by atoms with Gasteiger partial charge in [0.15, 0.2) is 0 Å². The molecular weight excluding hydrogens is 212 g/mol. The minimum Gasteiger partial charge on any atom is -0.393 e. The van der Waals surface area contributed by atoms with Gasteiger partial charge in [0.25, 0.3) is 0 Å². The fourth-order valence-corrected chi connectivity index (χ4v) is 1.94. The van der Waals surface area contributed by atoms with Crippen LogP contribution in [0.15, 0.2) is 12.7 Å². The van der Waals surface area contributed by atoms with E-state index in [1.54, 1.807) is 0 Å². The van der Waals surface area contributed by atoms with Gasteiger partial charge in [-0.05, 0) is 12.8 Å². The van der Waals surface area contributed by atoms with E-state index < -0.39 is 8.07 Å². The average molecular weight is 238 g/mol. The minimum atomic E-state index is -1.28. The van der Waals surface area contributed by atoms with Crippen molar-refractivity contribution in [2.75, 3.05) is 0 Å². The van der Waals surface area contributed by atoms with Gasteiger partial charge in [0.05, 0.1) is 6.10 Å². The minimum absolute atomic E-state index is 0.115. The topological polar surface area (TPSA) is 20.2 Å². The van der Waals surface area contributed by atoms with Gasteiger partial charge in [0.2, 0.25) is 0 Å². The maximum Gasteiger partial charge on any atom is 0.129 e. The molecule has 0 bridgehead atoms. The van der Waals surface area contributed by atoms with Crippen LogP contribution in [-0.2, 0) is 0 Å². The first-order valence-corrected chi connectivity index (χ1v) is 9.48. The number of rotatable bonds is 5. The Bertz CT molecular complexity index is 275. The van der Waals surface area contributed by atoms with Crippen LogP contribution in [0.5, 0.6) is 0 Å². The first-order chi connectivity index (χ1) is 7.19. The molecule has 0 aromatic heterocycles. The first-order valence-electron chi connectivity index (χ1n) is 5.98. The van der Waals surface area contributed by atoms with Crippen LogP contribution in [0.4, 0.5) is 0 Å². The molecule has 0 saturated heterocycles. The summed E-state index contributed by atoms with van der Waals surface area (Å²) in [6.45, 7) is 14.6. The number of hydrogen-bond acceptors (Lipinski definition) is 1. The van der Waals surface area contributed by atoms with Crippen LogP contribution in [0.3, 0.4) is 0 Å². The Balaban J connectivity index is 4.31. The lowest BCUT2D eigenvalue weighted by Crippen LogP contribution is -2.29. The highest BCUT2D eigenvalue weighted by Gasteiger charge is 2.26. The molecule has 0 aliphatic carbocycles. The zero-order chi connectivity index (χ0) is 12.8. The van der Waals surface area contributed by atoms with Crippen molar-refractivity contribution in [3.8, 4) is 11.5 Å². The third-order valence-electron chi connectivity index (χ3n) is 2.55. The summed E-state index contributed by atoms with van der Waals surface area (Å²) < 4.78 is 0. The van der Waals surface area contributed by atoms with E-state index in [1.165, 1.54) is 0 Å². The molecule has 92 valence electrons. The predicted molar refractivity (Wildman–Crippen MR) is 75.0 cm³/mol. The third kappa shape index (κ3) is 6.87. The van der Waals surface area contributed by atoms with Crippen molar-refractivity contribution in [3.05, 3.63) is 12.7 Å². The molecule has 0 amide bonds. The Labute approximate surface area is 102 Å². The summed E-state index contributed by atoms with van der Waals surface area (Å²) in [5.41, 5.74) is 3.23. The fourth-order valence-electron chi connectivity index (χ4n) is 1.32. The lowest BCUT2D eigenvalue weighted by atomic mass is 9.81. The van der Waals surface area contributed by atoms with Crippen LogP contribution in [0, 0.1) is 16.9 Å². The maximum atomic E-state index is 10.0. The maximum absolute atomic E-state index is 10.0. The summed E-state index contributed by atoms with van der Waals surface area (Å²) in [6, 6.07) is 0. The number of aliphatic hydroxyl groups excluding tert-OH is 1. The predicted octanol–water partition coefficient (Wildman–Crippen LogP) is 3.61. The average Bonchev–Trinajstić information content (AvgIpc) is 2.11. The molecule has 0 radical (unpaired) electrons. The van der Waals surface area contributed by atoms with E-state index in [9.17, 15) is 5.11 Å². The molecule has 1 unspecified atom stereocenters. The third-order valence-corrected chi connectivity index (χ3v) is 3.48. The molecule has 0 aromatic rings. The largest absolute Gasteiger partial charge is 0.393 e. The summed E-state index contributed by atoms with van der Waals surface area (Å²) in [6.07, 6.45) is 3.99. The van der Waals surface area contributed by atoms with Crippen LogP contribution in [0.25, 0.3) is 0 Å². The van der Waals surface area contributed by atoms with Crippen molar-refractivity contribution in [2.24, 2.45) is 5.41 Å². The molecule has 1 nitrogen and oxygen atoms in total. The molecule has 1 atom stereocenters. The van der Waals surface area contributed by atoms with Gasteiger partial charge in [-0.15, -0.1) is 18.0 Å². The number of hydrogen-bond donors (Lipinski definition) is 1. The van der Waals surface area contributed by atoms with Crippen molar-refractivity contribution in [1.82, 2.24) is 0 Å². The Kier molecular flexibility index (Phi) is 6.07. The molecular formula is C14H26OSi. The zero-order valence-corrected chi connectivity index (χ0v) is 12.4. The molecule has 0 heterocycles. The standard InChI is InChI=1S/C14H26OSi/c1-7-8-10-13(15)14(2,3)11-9-12-16(4,5)6/h7,13,15H,1,8,10-11H2,2-6H3. The van der Waals surface area contributed by atoms with Gasteiger partial charge in [-0.2, -0.15) is 0 Å². The smallest absolute Gasteiger partial charge is 0.129 e. The highest BCUT2D eigenvalue weighted by Crippen LogP contribution is 2.27. The number of aliphatic hydroxyl groups is 1. The fraction of sp³-hybridized carbons (Fsp3) is 0.714. The molecule has 1 N–H and O–H groups in total. The van der Waals surface area contributed by atoms with Crippen LogP contribution in [0.2, 0.25) is 19.6 Å². The SMILES string of the molecule is C=CCCC(O)C(C)(C)CC#C[Si](C)(C)C. The van der Waals surface area contributed by atoms with Gasteiger partial charge in [0, 0.05) is 11.8 Å². The molecule has 0 rings (SSSR count). The van der Waals surface area contributed by atoms with Gasteiger partial charge in [-0.25, -0.2) is 0 Å². The van der Waals surface area contributed by atoms with Crippen molar-refractivity contribution >= 4 is 8.07 Å². The van der Waals surface area contributed by atoms with Gasteiger partial charge >= 0.3 is 0 Å². The van der Waals surface area contributed by atoms with E-state index in [1.807, 2.05) is 6.08 Å². The summed E-state index contributed by atoms with van der Waals surface area (Å²) in [5, 5.41) is 10.0. The summed E-state index contributed by atoms with van der Waals surface area (Å²) in [4.78, 5) is 0. The van der Waals surface area contributed by atoms with Crippen LogP contribution in [0.1, 0.15) is 33.1 Å². The monoisotopic (exact) mass is 238 g/mol. The van der Waals surface area contributed by atoms with Gasteiger partial charge in [0.1, 0.15) is 8.07 Å². The van der Waals surface area contributed by atoms with E-state index in [0.29, 0.717) is 0 Å². The highest BCUT2D eigenvalue weighted by atomic mass is 28.3. The summed E-state index contributed by atoms with van der Waals surface area (Å²) in [7, 11) is -1.28. The molecule has 0 aromatic carbocycles. The second-order valence-corrected chi connectivity index (χ2v) is 10.8. The Hall–Kier alpha value is -0.523. The molecule has 0 aliphatic heterocycles. The second-order valence-electron chi connectivity index (χ2n) is 6.10. The summed E-state index contributed by atoms with van der Waals surface area (Å²) >= 11 is 0. The molecule has 0 fully saturated rings. The number of allylic oxidation sites excluding steroid dienone is 1. The summed E-state index contributed by atoms with van der Waals surface area (Å²) in [5.74, 6) is 3.25. The van der Waals surface area contributed by atoms with Crippen LogP contribution >= 0.6 is 0 Å². The lowest BCUT2D eigenvalue weighted by molar-refractivity contribution is 0.0473.